The fourth-order valence-corrected chi connectivity index (χ4v) is 3.55. The minimum atomic E-state index is -0.322. The number of hydrogen-bond acceptors (Lipinski definition) is 4. The monoisotopic (exact) mass is 430 g/mol. The number of nitrogens with one attached hydrogen (secondary N) is 1. The molecule has 0 radical (unpaired) electrons. The Bertz CT molecular complexity index is 1240. The fraction of sp³-hybridized carbons (Fsp3) is 0.240. The molecule has 0 bridgehead atoms. The number of ether oxygens (including phenoxy) is 1. The third-order valence-corrected chi connectivity index (χ3v) is 5.36. The van der Waals surface area contributed by atoms with Gasteiger partial charge in [0.15, 0.2) is 0 Å². The molecular weight excluding hydrogens is 404 g/mol. The normalized spacial score (nSPS) is 11.2. The molecule has 4 rings (SSSR count). The van der Waals surface area contributed by atoms with Gasteiger partial charge < -0.3 is 14.6 Å². The van der Waals surface area contributed by atoms with Crippen LogP contribution in [0, 0.1) is 0 Å². The molecule has 2 heterocycles. The van der Waals surface area contributed by atoms with Gasteiger partial charge in [-0.1, -0.05) is 44.2 Å². The molecule has 0 saturated heterocycles. The van der Waals surface area contributed by atoms with E-state index in [0.717, 1.165) is 0 Å². The highest BCUT2D eigenvalue weighted by Gasteiger charge is 2.24. The Kier molecular flexibility index (Phi) is 6.18. The van der Waals surface area contributed by atoms with Gasteiger partial charge in [-0.3, -0.25) is 9.59 Å². The average Bonchev–Trinajstić information content (AvgIpc) is 3.14. The van der Waals surface area contributed by atoms with Crippen molar-refractivity contribution >= 4 is 11.6 Å². The van der Waals surface area contributed by atoms with Crippen LogP contribution < -0.4 is 10.9 Å². The van der Waals surface area contributed by atoms with Gasteiger partial charge in [-0.15, -0.1) is 0 Å². The van der Waals surface area contributed by atoms with E-state index < -0.39 is 0 Å². The lowest BCUT2D eigenvalue weighted by Gasteiger charge is -2.13. The first-order chi connectivity index (χ1) is 15.5. The van der Waals surface area contributed by atoms with Crippen LogP contribution in [0.25, 0.3) is 16.9 Å². The van der Waals surface area contributed by atoms with Crippen molar-refractivity contribution in [2.75, 3.05) is 19.0 Å². The summed E-state index contributed by atoms with van der Waals surface area (Å²) in [6.07, 6.45) is 3.43. The molecule has 0 fully saturated rings. The van der Waals surface area contributed by atoms with Crippen LogP contribution in [0.4, 0.5) is 5.69 Å². The summed E-state index contributed by atoms with van der Waals surface area (Å²) in [5, 5.41) is 7.44. The number of hydrogen-bond donors (Lipinski definition) is 1. The van der Waals surface area contributed by atoms with Crippen LogP contribution in [0.5, 0.6) is 0 Å². The summed E-state index contributed by atoms with van der Waals surface area (Å²) in [6.45, 7) is 5.20. The molecule has 32 heavy (non-hydrogen) atoms. The maximum absolute atomic E-state index is 13.2. The second-order valence-corrected chi connectivity index (χ2v) is 7.95. The average molecular weight is 431 g/mol. The lowest BCUT2D eigenvalue weighted by atomic mass is 10.0. The molecule has 0 saturated carbocycles. The van der Waals surface area contributed by atoms with Crippen molar-refractivity contribution in [1.82, 2.24) is 14.3 Å². The summed E-state index contributed by atoms with van der Waals surface area (Å²) in [5.41, 5.74) is 3.33. The van der Waals surface area contributed by atoms with E-state index in [1.165, 1.54) is 10.2 Å². The van der Waals surface area contributed by atoms with Gasteiger partial charge >= 0.3 is 0 Å². The standard InChI is InChI=1S/C25H26N4O3/c1-17(2)18-9-11-19(12-10-18)26-24(30)21-15-28(13-14-32-3)16-22-23(21)27-29(25(22)31)20-7-5-4-6-8-20/h4-12,15-17H,13-14H2,1-3H3,(H,26,30). The fourth-order valence-electron chi connectivity index (χ4n) is 3.55. The third-order valence-electron chi connectivity index (χ3n) is 5.36. The highest BCUT2D eigenvalue weighted by atomic mass is 16.5. The Morgan fingerprint density at radius 1 is 1.06 bits per heavy atom. The number of pyridine rings is 1. The molecule has 0 unspecified atom stereocenters. The van der Waals surface area contributed by atoms with Gasteiger partial charge in [0, 0.05) is 31.7 Å². The van der Waals surface area contributed by atoms with Gasteiger partial charge in [-0.25, -0.2) is 0 Å². The van der Waals surface area contributed by atoms with Crippen molar-refractivity contribution in [2.24, 2.45) is 0 Å². The van der Waals surface area contributed by atoms with E-state index in [9.17, 15) is 9.59 Å². The van der Waals surface area contributed by atoms with Crippen molar-refractivity contribution in [3.63, 3.8) is 0 Å². The molecule has 0 aromatic heterocycles. The van der Waals surface area contributed by atoms with E-state index in [1.54, 1.807) is 24.1 Å². The molecule has 164 valence electrons. The maximum atomic E-state index is 13.2. The van der Waals surface area contributed by atoms with Gasteiger partial charge in [0.25, 0.3) is 11.5 Å². The number of nitrogens with zero attached hydrogens (tertiary/aromatic N) is 3. The van der Waals surface area contributed by atoms with Crippen molar-refractivity contribution in [3.8, 4) is 16.9 Å². The molecule has 0 atom stereocenters. The molecule has 2 aromatic carbocycles. The van der Waals surface area contributed by atoms with E-state index in [0.29, 0.717) is 47.3 Å². The minimum absolute atomic E-state index is 0.270. The summed E-state index contributed by atoms with van der Waals surface area (Å²) in [7, 11) is 1.61. The van der Waals surface area contributed by atoms with Crippen LogP contribution in [0.2, 0.25) is 0 Å². The largest absolute Gasteiger partial charge is 0.383 e. The third kappa shape index (κ3) is 4.33. The van der Waals surface area contributed by atoms with Crippen molar-refractivity contribution < 1.29 is 9.53 Å². The molecule has 1 N–H and O–H groups in total. The van der Waals surface area contributed by atoms with Gasteiger partial charge in [0.1, 0.15) is 5.69 Å². The van der Waals surface area contributed by atoms with Crippen molar-refractivity contribution in [3.05, 3.63) is 88.5 Å². The lowest BCUT2D eigenvalue weighted by Crippen LogP contribution is -2.18. The van der Waals surface area contributed by atoms with Gasteiger partial charge in [0.2, 0.25) is 0 Å². The first-order valence-electron chi connectivity index (χ1n) is 10.6. The predicted octanol–water partition coefficient (Wildman–Crippen LogP) is 4.16. The number of rotatable bonds is 7. The number of carbonyl (C=O) groups excluding carboxylic acids is 1. The Labute approximate surface area is 186 Å². The van der Waals surface area contributed by atoms with Crippen molar-refractivity contribution in [1.29, 1.82) is 0 Å². The number of aromatic nitrogens is 3. The lowest BCUT2D eigenvalue weighted by molar-refractivity contribution is 0.102. The van der Waals surface area contributed by atoms with Gasteiger partial charge in [-0.2, -0.15) is 9.78 Å². The van der Waals surface area contributed by atoms with Gasteiger partial charge in [-0.05, 0) is 35.7 Å². The Morgan fingerprint density at radius 2 is 1.78 bits per heavy atom. The van der Waals surface area contributed by atoms with Crippen LogP contribution in [-0.4, -0.2) is 34.0 Å². The molecule has 1 amide bonds. The Hall–Kier alpha value is -3.71. The molecule has 7 heteroatoms. The van der Waals surface area contributed by atoms with Crippen LogP contribution >= 0.6 is 0 Å². The maximum Gasteiger partial charge on any atom is 0.282 e. The number of carbonyl (C=O) groups is 1. The smallest absolute Gasteiger partial charge is 0.282 e. The summed E-state index contributed by atoms with van der Waals surface area (Å²) in [6, 6.07) is 16.9. The van der Waals surface area contributed by atoms with E-state index >= 15 is 0 Å². The van der Waals surface area contributed by atoms with Crippen LogP contribution in [0.1, 0.15) is 35.7 Å². The van der Waals surface area contributed by atoms with Crippen LogP contribution in [0.3, 0.4) is 0 Å². The molecule has 7 nitrogen and oxygen atoms in total. The highest BCUT2D eigenvalue weighted by Crippen LogP contribution is 2.24. The zero-order valence-electron chi connectivity index (χ0n) is 18.4. The molecule has 0 spiro atoms. The first-order valence-corrected chi connectivity index (χ1v) is 10.6. The molecule has 2 aliphatic rings. The highest BCUT2D eigenvalue weighted by molar-refractivity contribution is 6.08. The summed E-state index contributed by atoms with van der Waals surface area (Å²) in [4.78, 5) is 26.3. The van der Waals surface area contributed by atoms with E-state index in [2.05, 4.69) is 24.3 Å². The SMILES string of the molecule is COCCn1cc(C(=O)Nc2ccc(C(C)C)cc2)c2nn(-c3ccccc3)c(=O)c-2c1. The zero-order chi connectivity index (χ0) is 22.7. The second kappa shape index (κ2) is 9.20. The quantitative estimate of drug-likeness (QED) is 0.478. The Balaban J connectivity index is 1.75. The molecular formula is C25H26N4O3. The van der Waals surface area contributed by atoms with E-state index in [4.69, 9.17) is 4.74 Å². The second-order valence-electron chi connectivity index (χ2n) is 7.95. The minimum Gasteiger partial charge on any atom is -0.383 e. The topological polar surface area (TPSA) is 78.2 Å². The molecule has 2 aliphatic heterocycles. The summed E-state index contributed by atoms with van der Waals surface area (Å²) >= 11 is 0. The summed E-state index contributed by atoms with van der Waals surface area (Å²) in [5.74, 6) is 0.0856. The number of benzene rings is 2. The van der Waals surface area contributed by atoms with Crippen molar-refractivity contribution in [2.45, 2.75) is 26.3 Å². The number of fused-ring (bicyclic) bond motifs is 1. The number of para-hydroxylation sites is 1. The number of methoxy groups -OCH3 is 1. The van der Waals surface area contributed by atoms with E-state index in [1.807, 2.05) is 54.6 Å². The van der Waals surface area contributed by atoms with Crippen LogP contribution in [0.15, 0.2) is 71.8 Å². The van der Waals surface area contributed by atoms with Crippen LogP contribution in [-0.2, 0) is 11.3 Å². The zero-order valence-corrected chi connectivity index (χ0v) is 18.4. The van der Waals surface area contributed by atoms with E-state index in [-0.39, 0.29) is 11.5 Å². The number of anilines is 1. The molecule has 2 aromatic rings. The number of amides is 1. The summed E-state index contributed by atoms with van der Waals surface area (Å²) < 4.78 is 8.29. The first kappa shape index (κ1) is 21.5. The van der Waals surface area contributed by atoms with Gasteiger partial charge in [0.05, 0.1) is 23.4 Å². The Morgan fingerprint density at radius 3 is 2.44 bits per heavy atom. The predicted molar refractivity (Wildman–Crippen MR) is 125 cm³/mol. The molecule has 0 aliphatic carbocycles.